The Balaban J connectivity index is 2.92. The number of carbonyl (C=O) groups excluding carboxylic acids is 1. The van der Waals surface area contributed by atoms with Crippen LogP contribution in [0.4, 0.5) is 4.39 Å². The van der Waals surface area contributed by atoms with Gasteiger partial charge < -0.3 is 0 Å². The number of rotatable bonds is 1. The predicted molar refractivity (Wildman–Crippen MR) is 47.1 cm³/mol. The zero-order chi connectivity index (χ0) is 9.26. The number of hydrogen-bond acceptors (Lipinski definition) is 2. The highest BCUT2D eigenvalue weighted by Gasteiger charge is 2.03. The molecule has 0 aliphatic heterocycles. The van der Waals surface area contributed by atoms with Crippen LogP contribution in [0.3, 0.4) is 0 Å². The van der Waals surface area contributed by atoms with Crippen LogP contribution in [0.5, 0.6) is 0 Å². The normalized spacial score (nSPS) is 10.2. The highest BCUT2D eigenvalue weighted by atomic mass is 19.1. The molecule has 0 amide bonds. The van der Waals surface area contributed by atoms with E-state index in [1.54, 1.807) is 6.07 Å². The molecule has 1 aromatic carbocycles. The third-order valence-corrected chi connectivity index (χ3v) is 1.93. The van der Waals surface area contributed by atoms with Crippen LogP contribution in [0.2, 0.25) is 0 Å². The summed E-state index contributed by atoms with van der Waals surface area (Å²) in [5, 5.41) is 0.983. The minimum absolute atomic E-state index is 0.331. The van der Waals surface area contributed by atoms with Crippen molar-refractivity contribution in [2.45, 2.75) is 0 Å². The molecule has 0 radical (unpaired) electrons. The molecule has 0 N–H and O–H groups in total. The van der Waals surface area contributed by atoms with Crippen LogP contribution < -0.4 is 0 Å². The van der Waals surface area contributed by atoms with E-state index in [9.17, 15) is 9.18 Å². The molecule has 0 saturated carbocycles. The van der Waals surface area contributed by atoms with Gasteiger partial charge >= 0.3 is 0 Å². The molecular weight excluding hydrogens is 169 g/mol. The fourth-order valence-corrected chi connectivity index (χ4v) is 1.28. The van der Waals surface area contributed by atoms with E-state index in [0.717, 1.165) is 0 Å². The van der Waals surface area contributed by atoms with Crippen molar-refractivity contribution >= 4 is 17.1 Å². The first-order chi connectivity index (χ1) is 6.33. The van der Waals surface area contributed by atoms with Gasteiger partial charge in [0.1, 0.15) is 5.82 Å². The molecule has 2 rings (SSSR count). The molecular formula is C10H6FNO. The Morgan fingerprint density at radius 3 is 2.85 bits per heavy atom. The molecule has 0 spiro atoms. The van der Waals surface area contributed by atoms with E-state index in [-0.39, 0.29) is 5.82 Å². The standard InChI is InChI=1S/C10H6FNO/c11-10-2-1-7(6-13)9-5-12-4-3-8(9)10/h1-6H. The second-order valence-corrected chi connectivity index (χ2v) is 2.68. The van der Waals surface area contributed by atoms with E-state index in [1.807, 2.05) is 0 Å². The number of halogens is 1. The molecule has 1 aromatic heterocycles. The molecule has 3 heteroatoms. The smallest absolute Gasteiger partial charge is 0.150 e. The Morgan fingerprint density at radius 1 is 1.23 bits per heavy atom. The first kappa shape index (κ1) is 7.86. The van der Waals surface area contributed by atoms with Gasteiger partial charge in [-0.25, -0.2) is 4.39 Å². The van der Waals surface area contributed by atoms with E-state index >= 15 is 0 Å². The van der Waals surface area contributed by atoms with Crippen LogP contribution in [-0.4, -0.2) is 11.3 Å². The number of benzene rings is 1. The lowest BCUT2D eigenvalue weighted by molar-refractivity contribution is 0.112. The average Bonchev–Trinajstić information content (AvgIpc) is 2.19. The van der Waals surface area contributed by atoms with Crippen LogP contribution in [0.15, 0.2) is 30.6 Å². The van der Waals surface area contributed by atoms with Gasteiger partial charge in [-0.15, -0.1) is 0 Å². The molecule has 0 fully saturated rings. The van der Waals surface area contributed by atoms with E-state index in [4.69, 9.17) is 0 Å². The highest BCUT2D eigenvalue weighted by molar-refractivity contribution is 5.97. The van der Waals surface area contributed by atoms with Crippen LogP contribution >= 0.6 is 0 Å². The largest absolute Gasteiger partial charge is 0.298 e. The lowest BCUT2D eigenvalue weighted by Crippen LogP contribution is -1.87. The number of hydrogen-bond donors (Lipinski definition) is 0. The van der Waals surface area contributed by atoms with Gasteiger partial charge in [0.15, 0.2) is 6.29 Å². The van der Waals surface area contributed by atoms with Crippen molar-refractivity contribution in [2.24, 2.45) is 0 Å². The summed E-state index contributed by atoms with van der Waals surface area (Å²) in [4.78, 5) is 14.4. The van der Waals surface area contributed by atoms with Gasteiger partial charge in [-0.2, -0.15) is 0 Å². The van der Waals surface area contributed by atoms with E-state index in [1.165, 1.54) is 24.5 Å². The molecule has 2 nitrogen and oxygen atoms in total. The average molecular weight is 175 g/mol. The van der Waals surface area contributed by atoms with Crippen LogP contribution in [0.25, 0.3) is 10.8 Å². The predicted octanol–water partition coefficient (Wildman–Crippen LogP) is 2.19. The van der Waals surface area contributed by atoms with Crippen molar-refractivity contribution < 1.29 is 9.18 Å². The molecule has 13 heavy (non-hydrogen) atoms. The summed E-state index contributed by atoms with van der Waals surface area (Å²) in [5.74, 6) is -0.331. The molecule has 0 aliphatic rings. The van der Waals surface area contributed by atoms with Crippen molar-refractivity contribution in [3.05, 3.63) is 42.0 Å². The summed E-state index contributed by atoms with van der Waals surface area (Å²) < 4.78 is 13.2. The van der Waals surface area contributed by atoms with Crippen LogP contribution in [0.1, 0.15) is 10.4 Å². The number of aromatic nitrogens is 1. The summed E-state index contributed by atoms with van der Waals surface area (Å²) in [7, 11) is 0. The van der Waals surface area contributed by atoms with Gasteiger partial charge in [0.05, 0.1) is 0 Å². The third kappa shape index (κ3) is 1.18. The Morgan fingerprint density at radius 2 is 2.08 bits per heavy atom. The fourth-order valence-electron chi connectivity index (χ4n) is 1.28. The third-order valence-electron chi connectivity index (χ3n) is 1.93. The van der Waals surface area contributed by atoms with E-state index in [0.29, 0.717) is 22.6 Å². The SMILES string of the molecule is O=Cc1ccc(F)c2ccncc12. The molecule has 2 aromatic rings. The Hall–Kier alpha value is -1.77. The fraction of sp³-hybridized carbons (Fsp3) is 0. The molecule has 64 valence electrons. The van der Waals surface area contributed by atoms with Gasteiger partial charge in [-0.3, -0.25) is 9.78 Å². The van der Waals surface area contributed by atoms with Crippen molar-refractivity contribution in [1.82, 2.24) is 4.98 Å². The zero-order valence-corrected chi connectivity index (χ0v) is 6.70. The van der Waals surface area contributed by atoms with E-state index < -0.39 is 0 Å². The van der Waals surface area contributed by atoms with Crippen LogP contribution in [-0.2, 0) is 0 Å². The summed E-state index contributed by atoms with van der Waals surface area (Å²) >= 11 is 0. The Labute approximate surface area is 74.0 Å². The van der Waals surface area contributed by atoms with Gasteiger partial charge in [-0.1, -0.05) is 0 Å². The second-order valence-electron chi connectivity index (χ2n) is 2.68. The number of carbonyl (C=O) groups is 1. The quantitative estimate of drug-likeness (QED) is 0.622. The number of pyridine rings is 1. The summed E-state index contributed by atoms with van der Waals surface area (Å²) in [6.07, 6.45) is 3.69. The molecule has 0 saturated heterocycles. The number of nitrogens with zero attached hydrogens (tertiary/aromatic N) is 1. The van der Waals surface area contributed by atoms with Gasteiger partial charge in [0.25, 0.3) is 0 Å². The van der Waals surface area contributed by atoms with Gasteiger partial charge in [-0.05, 0) is 18.2 Å². The summed E-state index contributed by atoms with van der Waals surface area (Å²) in [5.41, 5.74) is 0.463. The molecule has 1 heterocycles. The van der Waals surface area contributed by atoms with Crippen molar-refractivity contribution in [3.8, 4) is 0 Å². The maximum absolute atomic E-state index is 13.2. The molecule has 0 unspecified atom stereocenters. The molecule has 0 aliphatic carbocycles. The maximum Gasteiger partial charge on any atom is 0.150 e. The maximum atomic E-state index is 13.2. The van der Waals surface area contributed by atoms with Gasteiger partial charge in [0.2, 0.25) is 0 Å². The first-order valence-electron chi connectivity index (χ1n) is 3.80. The van der Waals surface area contributed by atoms with Crippen LogP contribution in [0, 0.1) is 5.82 Å². The zero-order valence-electron chi connectivity index (χ0n) is 6.70. The minimum atomic E-state index is -0.331. The highest BCUT2D eigenvalue weighted by Crippen LogP contribution is 2.19. The Bertz CT molecular complexity index is 467. The second kappa shape index (κ2) is 2.94. The van der Waals surface area contributed by atoms with Crippen molar-refractivity contribution in [2.75, 3.05) is 0 Å². The van der Waals surface area contributed by atoms with Gasteiger partial charge in [0, 0.05) is 28.7 Å². The number of fused-ring (bicyclic) bond motifs is 1. The molecule has 0 atom stereocenters. The number of aldehydes is 1. The lowest BCUT2D eigenvalue weighted by atomic mass is 10.1. The Kier molecular flexibility index (Phi) is 1.77. The van der Waals surface area contributed by atoms with Crippen molar-refractivity contribution in [1.29, 1.82) is 0 Å². The summed E-state index contributed by atoms with van der Waals surface area (Å²) in [6.45, 7) is 0. The van der Waals surface area contributed by atoms with E-state index in [2.05, 4.69) is 4.98 Å². The molecule has 0 bridgehead atoms. The monoisotopic (exact) mass is 175 g/mol. The topological polar surface area (TPSA) is 30.0 Å². The minimum Gasteiger partial charge on any atom is -0.298 e. The van der Waals surface area contributed by atoms with Crippen molar-refractivity contribution in [3.63, 3.8) is 0 Å². The lowest BCUT2D eigenvalue weighted by Gasteiger charge is -2.00. The summed E-state index contributed by atoms with van der Waals surface area (Å²) in [6, 6.07) is 4.29. The first-order valence-corrected chi connectivity index (χ1v) is 3.80.